The monoisotopic (exact) mass is 394 g/mol. The molecular formula is C20H34N4O2S. The highest BCUT2D eigenvalue weighted by atomic mass is 32.1. The number of aliphatic imine (C=N–C) groups is 1. The summed E-state index contributed by atoms with van der Waals surface area (Å²) in [4.78, 5) is 17.5. The van der Waals surface area contributed by atoms with Crippen LogP contribution in [0, 0.1) is 5.41 Å². The fourth-order valence-corrected chi connectivity index (χ4v) is 4.25. The molecule has 1 aliphatic rings. The zero-order chi connectivity index (χ0) is 19.4. The maximum Gasteiger partial charge on any atom is 0.261 e. The molecule has 1 aromatic rings. The molecule has 1 heterocycles. The number of aliphatic hydroxyl groups excluding tert-OH is 1. The Morgan fingerprint density at radius 3 is 2.67 bits per heavy atom. The van der Waals surface area contributed by atoms with E-state index in [1.807, 2.05) is 17.5 Å². The van der Waals surface area contributed by atoms with Gasteiger partial charge in [-0.05, 0) is 49.5 Å². The van der Waals surface area contributed by atoms with Gasteiger partial charge in [-0.25, -0.2) is 0 Å². The van der Waals surface area contributed by atoms with Gasteiger partial charge in [0.25, 0.3) is 5.91 Å². The number of nitrogens with zero attached hydrogens (tertiary/aromatic N) is 1. The minimum Gasteiger partial charge on any atom is -0.396 e. The Kier molecular flexibility index (Phi) is 9.62. The predicted molar refractivity (Wildman–Crippen MR) is 112 cm³/mol. The third kappa shape index (κ3) is 7.50. The molecule has 1 amide bonds. The molecular weight excluding hydrogens is 360 g/mol. The largest absolute Gasteiger partial charge is 0.396 e. The van der Waals surface area contributed by atoms with Crippen LogP contribution in [0.15, 0.2) is 22.5 Å². The van der Waals surface area contributed by atoms with Crippen LogP contribution >= 0.6 is 11.3 Å². The Morgan fingerprint density at radius 2 is 2.00 bits per heavy atom. The molecule has 4 N–H and O–H groups in total. The fourth-order valence-electron chi connectivity index (χ4n) is 3.61. The molecule has 27 heavy (non-hydrogen) atoms. The average molecular weight is 395 g/mol. The summed E-state index contributed by atoms with van der Waals surface area (Å²) in [5.41, 5.74) is 0.157. The first kappa shape index (κ1) is 21.7. The molecule has 152 valence electrons. The highest BCUT2D eigenvalue weighted by Gasteiger charge is 2.31. The Morgan fingerprint density at radius 1 is 1.22 bits per heavy atom. The van der Waals surface area contributed by atoms with Gasteiger partial charge >= 0.3 is 0 Å². The number of amides is 1. The van der Waals surface area contributed by atoms with Crippen molar-refractivity contribution in [2.24, 2.45) is 10.4 Å². The van der Waals surface area contributed by atoms with Crippen molar-refractivity contribution in [1.29, 1.82) is 0 Å². The lowest BCUT2D eigenvalue weighted by Crippen LogP contribution is -2.40. The van der Waals surface area contributed by atoms with Crippen molar-refractivity contribution < 1.29 is 9.90 Å². The second kappa shape index (κ2) is 12.0. The number of thiophene rings is 1. The predicted octanol–water partition coefficient (Wildman–Crippen LogP) is 2.76. The highest BCUT2D eigenvalue weighted by molar-refractivity contribution is 7.12. The minimum absolute atomic E-state index is 0.00572. The van der Waals surface area contributed by atoms with E-state index in [1.165, 1.54) is 30.6 Å². The van der Waals surface area contributed by atoms with Crippen molar-refractivity contribution >= 4 is 23.2 Å². The minimum atomic E-state index is -0.00572. The quantitative estimate of drug-likeness (QED) is 0.279. The summed E-state index contributed by atoms with van der Waals surface area (Å²) in [6.45, 7) is 5.26. The third-order valence-corrected chi connectivity index (χ3v) is 6.02. The van der Waals surface area contributed by atoms with Crippen LogP contribution in [0.25, 0.3) is 0 Å². The lowest BCUT2D eigenvalue weighted by molar-refractivity contribution is 0.0957. The maximum absolute atomic E-state index is 11.9. The lowest BCUT2D eigenvalue weighted by Gasteiger charge is -2.35. The summed E-state index contributed by atoms with van der Waals surface area (Å²) >= 11 is 1.46. The van der Waals surface area contributed by atoms with E-state index in [1.54, 1.807) is 0 Å². The first-order valence-electron chi connectivity index (χ1n) is 10.1. The third-order valence-electron chi connectivity index (χ3n) is 5.15. The van der Waals surface area contributed by atoms with Crippen molar-refractivity contribution in [2.75, 3.05) is 32.8 Å². The number of carbonyl (C=O) groups excluding carboxylic acids is 1. The Hall–Kier alpha value is -1.60. The molecule has 1 saturated carbocycles. The molecule has 7 heteroatoms. The number of rotatable bonds is 10. The van der Waals surface area contributed by atoms with Crippen LogP contribution in [0.2, 0.25) is 0 Å². The molecule has 0 aromatic carbocycles. The number of guanidine groups is 1. The van der Waals surface area contributed by atoms with E-state index in [-0.39, 0.29) is 17.9 Å². The fraction of sp³-hybridized carbons (Fsp3) is 0.700. The molecule has 0 aliphatic heterocycles. The van der Waals surface area contributed by atoms with Crippen molar-refractivity contribution in [3.63, 3.8) is 0 Å². The van der Waals surface area contributed by atoms with Crippen LogP contribution in [0.5, 0.6) is 0 Å². The van der Waals surface area contributed by atoms with Crippen LogP contribution < -0.4 is 16.0 Å². The van der Waals surface area contributed by atoms with Crippen LogP contribution in [0.3, 0.4) is 0 Å². The van der Waals surface area contributed by atoms with Gasteiger partial charge in [0.2, 0.25) is 0 Å². The molecule has 0 unspecified atom stereocenters. The van der Waals surface area contributed by atoms with Crippen LogP contribution in [-0.2, 0) is 0 Å². The van der Waals surface area contributed by atoms with Gasteiger partial charge in [0, 0.05) is 32.8 Å². The van der Waals surface area contributed by atoms with Gasteiger partial charge < -0.3 is 21.1 Å². The summed E-state index contributed by atoms with van der Waals surface area (Å²) in [6.07, 6.45) is 7.77. The van der Waals surface area contributed by atoms with Crippen molar-refractivity contribution in [3.05, 3.63) is 22.4 Å². The zero-order valence-electron chi connectivity index (χ0n) is 16.4. The number of hydrogen-bond acceptors (Lipinski definition) is 4. The number of aliphatic hydroxyl groups is 1. The second-order valence-corrected chi connectivity index (χ2v) is 8.19. The first-order valence-corrected chi connectivity index (χ1v) is 11.0. The maximum atomic E-state index is 11.9. The van der Waals surface area contributed by atoms with E-state index >= 15 is 0 Å². The molecule has 0 spiro atoms. The first-order chi connectivity index (χ1) is 13.2. The summed E-state index contributed by atoms with van der Waals surface area (Å²) in [5.74, 6) is 0.818. The number of nitrogens with one attached hydrogen (secondary N) is 3. The normalized spacial score (nSPS) is 16.7. The molecule has 0 atom stereocenters. The van der Waals surface area contributed by atoms with Gasteiger partial charge in [-0.2, -0.15) is 0 Å². The van der Waals surface area contributed by atoms with Gasteiger partial charge in [0.1, 0.15) is 0 Å². The van der Waals surface area contributed by atoms with E-state index in [2.05, 4.69) is 22.9 Å². The highest BCUT2D eigenvalue weighted by Crippen LogP contribution is 2.39. The van der Waals surface area contributed by atoms with Gasteiger partial charge in [0.15, 0.2) is 5.96 Å². The smallest absolute Gasteiger partial charge is 0.261 e. The topological polar surface area (TPSA) is 85.8 Å². The Labute approximate surface area is 166 Å². The Balaban J connectivity index is 1.74. The van der Waals surface area contributed by atoms with Crippen molar-refractivity contribution in [3.8, 4) is 0 Å². The summed E-state index contributed by atoms with van der Waals surface area (Å²) < 4.78 is 0. The molecule has 2 rings (SSSR count). The van der Waals surface area contributed by atoms with Gasteiger partial charge in [-0.3, -0.25) is 9.79 Å². The zero-order valence-corrected chi connectivity index (χ0v) is 17.2. The van der Waals surface area contributed by atoms with E-state index < -0.39 is 0 Å². The van der Waals surface area contributed by atoms with E-state index in [0.29, 0.717) is 6.54 Å². The van der Waals surface area contributed by atoms with Crippen molar-refractivity contribution in [2.45, 2.75) is 51.9 Å². The molecule has 6 nitrogen and oxygen atoms in total. The van der Waals surface area contributed by atoms with Crippen LogP contribution in [-0.4, -0.2) is 49.8 Å². The summed E-state index contributed by atoms with van der Waals surface area (Å²) in [6, 6.07) is 3.72. The average Bonchev–Trinajstić information content (AvgIpc) is 3.21. The standard InChI is InChI=1S/C20H34N4O2S/c1-2-21-19(24-16-20(11-14-25)9-4-3-5-10-20)23-13-7-12-22-18(26)17-8-6-15-27-17/h6,8,15,25H,2-5,7,9-14,16H2,1H3,(H,22,26)(H2,21,23,24). The van der Waals surface area contributed by atoms with Crippen LogP contribution in [0.4, 0.5) is 0 Å². The second-order valence-electron chi connectivity index (χ2n) is 7.24. The van der Waals surface area contributed by atoms with E-state index in [0.717, 1.165) is 56.2 Å². The Bertz CT molecular complexity index is 563. The van der Waals surface area contributed by atoms with E-state index in [4.69, 9.17) is 4.99 Å². The summed E-state index contributed by atoms with van der Waals surface area (Å²) in [7, 11) is 0. The SMILES string of the molecule is CCNC(=NCC1(CCO)CCCCC1)NCCCNC(=O)c1cccs1. The molecule has 1 aromatic heterocycles. The summed E-state index contributed by atoms with van der Waals surface area (Å²) in [5, 5.41) is 21.0. The molecule has 1 aliphatic carbocycles. The van der Waals surface area contributed by atoms with E-state index in [9.17, 15) is 9.90 Å². The molecule has 0 saturated heterocycles. The molecule has 0 bridgehead atoms. The molecule has 0 radical (unpaired) electrons. The van der Waals surface area contributed by atoms with Gasteiger partial charge in [-0.15, -0.1) is 11.3 Å². The van der Waals surface area contributed by atoms with Gasteiger partial charge in [0.05, 0.1) is 4.88 Å². The van der Waals surface area contributed by atoms with Gasteiger partial charge in [-0.1, -0.05) is 25.3 Å². The molecule has 1 fully saturated rings. The number of carbonyl (C=O) groups is 1. The van der Waals surface area contributed by atoms with Crippen molar-refractivity contribution in [1.82, 2.24) is 16.0 Å². The lowest BCUT2D eigenvalue weighted by atomic mass is 9.72. The van der Waals surface area contributed by atoms with Crippen LogP contribution in [0.1, 0.15) is 61.5 Å². The number of hydrogen-bond donors (Lipinski definition) is 4.